The van der Waals surface area contributed by atoms with Gasteiger partial charge in [-0.1, -0.05) is 6.07 Å². The van der Waals surface area contributed by atoms with Crippen molar-refractivity contribution in [2.24, 2.45) is 15.8 Å². The number of nitrogens with two attached hydrogens (primary N) is 1. The zero-order valence-corrected chi connectivity index (χ0v) is 16.9. The number of aromatic hydroxyl groups is 1. The molecule has 0 saturated carbocycles. The monoisotopic (exact) mass is 412 g/mol. The number of nitrogens with zero attached hydrogens (tertiary/aromatic N) is 3. The first-order valence-electron chi connectivity index (χ1n) is 8.52. The average molecular weight is 412 g/mol. The van der Waals surface area contributed by atoms with Gasteiger partial charge in [0.1, 0.15) is 5.75 Å². The van der Waals surface area contributed by atoms with E-state index in [1.807, 2.05) is 17.5 Å². The number of aromatic nitrogens is 1. The van der Waals surface area contributed by atoms with Crippen LogP contribution in [0.1, 0.15) is 15.9 Å². The lowest BCUT2D eigenvalue weighted by Gasteiger charge is -2.10. The van der Waals surface area contributed by atoms with Gasteiger partial charge in [0.15, 0.2) is 11.5 Å². The van der Waals surface area contributed by atoms with E-state index >= 15 is 0 Å². The van der Waals surface area contributed by atoms with Crippen molar-refractivity contribution in [3.8, 4) is 28.5 Å². The standard InChI is InChI=1S/C20H20N4O4S/c1-22-20-24(23-10-13-5-4-6-17(27-2)18(13)28-3)15(11-29-20)12-7-8-16(25)14(9-12)19(21)26/h4-11,25H,1-3H3,(H2,21,26). The molecule has 0 radical (unpaired) electrons. The molecule has 1 heterocycles. The lowest BCUT2D eigenvalue weighted by atomic mass is 10.1. The van der Waals surface area contributed by atoms with Gasteiger partial charge in [-0.25, -0.2) is 4.68 Å². The molecule has 3 aromatic rings. The lowest BCUT2D eigenvalue weighted by Crippen LogP contribution is -2.13. The number of primary amides is 1. The van der Waals surface area contributed by atoms with Crippen LogP contribution in [0.2, 0.25) is 0 Å². The van der Waals surface area contributed by atoms with E-state index in [-0.39, 0.29) is 11.3 Å². The number of carbonyl (C=O) groups excluding carboxylic acids is 1. The molecule has 0 saturated heterocycles. The van der Waals surface area contributed by atoms with Crippen LogP contribution in [0.4, 0.5) is 0 Å². The Morgan fingerprint density at radius 3 is 2.69 bits per heavy atom. The third-order valence-electron chi connectivity index (χ3n) is 4.18. The molecule has 3 rings (SSSR count). The van der Waals surface area contributed by atoms with E-state index < -0.39 is 5.91 Å². The average Bonchev–Trinajstić information content (AvgIpc) is 3.14. The minimum Gasteiger partial charge on any atom is -0.507 e. The van der Waals surface area contributed by atoms with Crippen molar-refractivity contribution in [3.63, 3.8) is 0 Å². The van der Waals surface area contributed by atoms with Crippen molar-refractivity contribution in [2.75, 3.05) is 21.3 Å². The van der Waals surface area contributed by atoms with Crippen LogP contribution >= 0.6 is 11.3 Å². The number of carbonyl (C=O) groups is 1. The Hall–Kier alpha value is -3.59. The van der Waals surface area contributed by atoms with Gasteiger partial charge in [0, 0.05) is 23.6 Å². The van der Waals surface area contributed by atoms with Gasteiger partial charge < -0.3 is 20.3 Å². The molecule has 8 nitrogen and oxygen atoms in total. The Kier molecular flexibility index (Phi) is 5.99. The number of hydrogen-bond acceptors (Lipinski definition) is 7. The molecule has 0 fully saturated rings. The molecule has 2 aromatic carbocycles. The van der Waals surface area contributed by atoms with Gasteiger partial charge in [-0.3, -0.25) is 9.79 Å². The first-order chi connectivity index (χ1) is 14.0. The molecular weight excluding hydrogens is 392 g/mol. The van der Waals surface area contributed by atoms with Gasteiger partial charge in [-0.2, -0.15) is 5.10 Å². The first kappa shape index (κ1) is 20.2. The number of thiazole rings is 1. The van der Waals surface area contributed by atoms with Gasteiger partial charge in [0.2, 0.25) is 4.80 Å². The fraction of sp³-hybridized carbons (Fsp3) is 0.150. The summed E-state index contributed by atoms with van der Waals surface area (Å²) < 4.78 is 12.4. The summed E-state index contributed by atoms with van der Waals surface area (Å²) in [5.41, 5.74) is 7.46. The summed E-state index contributed by atoms with van der Waals surface area (Å²) >= 11 is 1.39. The summed E-state index contributed by atoms with van der Waals surface area (Å²) in [5, 5.41) is 16.3. The zero-order valence-electron chi connectivity index (χ0n) is 16.1. The molecule has 3 N–H and O–H groups in total. The second-order valence-corrected chi connectivity index (χ2v) is 6.70. The summed E-state index contributed by atoms with van der Waals surface area (Å²) in [6, 6.07) is 10.1. The molecule has 9 heteroatoms. The summed E-state index contributed by atoms with van der Waals surface area (Å²) in [4.78, 5) is 16.5. The van der Waals surface area contributed by atoms with E-state index in [4.69, 9.17) is 15.2 Å². The smallest absolute Gasteiger partial charge is 0.252 e. The molecule has 0 atom stereocenters. The zero-order chi connectivity index (χ0) is 21.0. The summed E-state index contributed by atoms with van der Waals surface area (Å²) in [6.45, 7) is 0. The van der Waals surface area contributed by atoms with Crippen molar-refractivity contribution in [3.05, 3.63) is 57.7 Å². The van der Waals surface area contributed by atoms with Crippen LogP contribution in [0.15, 0.2) is 51.9 Å². The molecule has 150 valence electrons. The van der Waals surface area contributed by atoms with Crippen LogP contribution in [0.5, 0.6) is 17.2 Å². The van der Waals surface area contributed by atoms with E-state index in [1.165, 1.54) is 23.5 Å². The number of ether oxygens (including phenoxy) is 2. The highest BCUT2D eigenvalue weighted by molar-refractivity contribution is 7.07. The SMILES string of the molecule is CN=c1scc(-c2ccc(O)c(C(N)=O)c2)n1N=Cc1cccc(OC)c1OC. The Morgan fingerprint density at radius 1 is 1.24 bits per heavy atom. The van der Waals surface area contributed by atoms with Crippen molar-refractivity contribution < 1.29 is 19.4 Å². The van der Waals surface area contributed by atoms with Crippen LogP contribution in [0.3, 0.4) is 0 Å². The Labute approximate surface area is 171 Å². The number of rotatable bonds is 6. The molecular formula is C20H20N4O4S. The molecule has 1 aromatic heterocycles. The van der Waals surface area contributed by atoms with Crippen LogP contribution in [-0.2, 0) is 0 Å². The second kappa shape index (κ2) is 8.61. The maximum atomic E-state index is 11.6. The lowest BCUT2D eigenvalue weighted by molar-refractivity contribution is 0.0998. The highest BCUT2D eigenvalue weighted by Crippen LogP contribution is 2.30. The number of hydrogen-bond donors (Lipinski definition) is 2. The number of phenols is 1. The van der Waals surface area contributed by atoms with E-state index in [0.717, 1.165) is 5.56 Å². The third kappa shape index (κ3) is 3.99. The van der Waals surface area contributed by atoms with E-state index in [9.17, 15) is 9.90 Å². The highest BCUT2D eigenvalue weighted by Gasteiger charge is 2.13. The van der Waals surface area contributed by atoms with Crippen LogP contribution < -0.4 is 20.0 Å². The van der Waals surface area contributed by atoms with Crippen LogP contribution in [0, 0.1) is 0 Å². The molecule has 0 unspecified atom stereocenters. The highest BCUT2D eigenvalue weighted by atomic mass is 32.1. The molecule has 0 aliphatic rings. The first-order valence-corrected chi connectivity index (χ1v) is 9.40. The molecule has 29 heavy (non-hydrogen) atoms. The largest absolute Gasteiger partial charge is 0.507 e. The second-order valence-electron chi connectivity index (χ2n) is 5.86. The predicted molar refractivity (Wildman–Crippen MR) is 112 cm³/mol. The number of amides is 1. The van der Waals surface area contributed by atoms with Crippen molar-refractivity contribution in [1.82, 2.24) is 4.68 Å². The third-order valence-corrected chi connectivity index (χ3v) is 5.09. The molecule has 0 aliphatic carbocycles. The van der Waals surface area contributed by atoms with E-state index in [1.54, 1.807) is 44.3 Å². The van der Waals surface area contributed by atoms with Crippen molar-refractivity contribution >= 4 is 23.5 Å². The Bertz CT molecular complexity index is 1150. The minimum atomic E-state index is -0.712. The fourth-order valence-corrected chi connectivity index (χ4v) is 3.59. The number of benzene rings is 2. The number of para-hydroxylation sites is 1. The Balaban J connectivity index is 2.11. The molecule has 1 amide bonds. The quantitative estimate of drug-likeness (QED) is 0.606. The van der Waals surface area contributed by atoms with Crippen LogP contribution in [-0.4, -0.2) is 43.2 Å². The Morgan fingerprint density at radius 2 is 2.03 bits per heavy atom. The molecule has 0 aliphatic heterocycles. The van der Waals surface area contributed by atoms with Gasteiger partial charge >= 0.3 is 0 Å². The molecule has 0 spiro atoms. The van der Waals surface area contributed by atoms with Gasteiger partial charge in [-0.05, 0) is 30.3 Å². The van der Waals surface area contributed by atoms with Gasteiger partial charge in [-0.15, -0.1) is 11.3 Å². The van der Waals surface area contributed by atoms with Crippen molar-refractivity contribution in [2.45, 2.75) is 0 Å². The summed E-state index contributed by atoms with van der Waals surface area (Å²) in [6.07, 6.45) is 1.64. The molecule has 0 bridgehead atoms. The van der Waals surface area contributed by atoms with Gasteiger partial charge in [0.05, 0.1) is 31.7 Å². The van der Waals surface area contributed by atoms with E-state index in [0.29, 0.717) is 27.6 Å². The van der Waals surface area contributed by atoms with E-state index in [2.05, 4.69) is 10.1 Å². The summed E-state index contributed by atoms with van der Waals surface area (Å²) in [5.74, 6) is 0.271. The topological polar surface area (TPSA) is 111 Å². The number of methoxy groups -OCH3 is 2. The maximum Gasteiger partial charge on any atom is 0.252 e. The normalized spacial score (nSPS) is 11.8. The maximum absolute atomic E-state index is 11.6. The minimum absolute atomic E-state index is 0.0358. The van der Waals surface area contributed by atoms with Crippen molar-refractivity contribution in [1.29, 1.82) is 0 Å². The fourth-order valence-electron chi connectivity index (χ4n) is 2.79. The van der Waals surface area contributed by atoms with Gasteiger partial charge in [0.25, 0.3) is 5.91 Å². The summed E-state index contributed by atoms with van der Waals surface area (Å²) in [7, 11) is 4.80. The predicted octanol–water partition coefficient (Wildman–Crippen LogP) is 2.45. The van der Waals surface area contributed by atoms with Crippen LogP contribution in [0.25, 0.3) is 11.3 Å².